The van der Waals surface area contributed by atoms with E-state index in [2.05, 4.69) is 14.8 Å². The van der Waals surface area contributed by atoms with Crippen LogP contribution in [0.2, 0.25) is 0 Å². The van der Waals surface area contributed by atoms with Gasteiger partial charge in [0.1, 0.15) is 0 Å². The van der Waals surface area contributed by atoms with E-state index in [-0.39, 0.29) is 0 Å². The summed E-state index contributed by atoms with van der Waals surface area (Å²) < 4.78 is 3.67. The molecule has 2 N–H and O–H groups in total. The zero-order chi connectivity index (χ0) is 4.28. The van der Waals surface area contributed by atoms with E-state index in [0.29, 0.717) is 0 Å². The highest BCUT2D eigenvalue weighted by atomic mass is 28.2. The molecule has 0 aromatic carbocycles. The summed E-state index contributed by atoms with van der Waals surface area (Å²) in [6.45, 7) is 0. The van der Waals surface area contributed by atoms with Crippen LogP contribution in [0.1, 0.15) is 0 Å². The van der Waals surface area contributed by atoms with Gasteiger partial charge in [-0.05, 0) is 0 Å². The molecule has 0 aliphatic rings. The molecule has 0 fully saturated rings. The van der Waals surface area contributed by atoms with Crippen LogP contribution in [0.5, 0.6) is 0 Å². The number of rotatable bonds is 1. The summed E-state index contributed by atoms with van der Waals surface area (Å²) in [4.78, 5) is 0. The predicted molar refractivity (Wildman–Crippen MR) is 17.0 cm³/mol. The molecule has 0 aliphatic carbocycles. The second-order valence-electron chi connectivity index (χ2n) is 0.444. The minimum absolute atomic E-state index is 1.70. The number of hydrogen-bond acceptors (Lipinski definition) is 3. The average Bonchev–Trinajstić information content (AvgIpc) is 1.38. The third-order valence-electron chi connectivity index (χ3n) is 0.105. The summed E-state index contributed by atoms with van der Waals surface area (Å²) in [7, 11) is 0.653. The van der Waals surface area contributed by atoms with Crippen LogP contribution in [0.15, 0.2) is 0 Å². The Balaban J connectivity index is 2.54. The van der Waals surface area contributed by atoms with Gasteiger partial charge in [-0.3, -0.25) is 0 Å². The molecule has 5 heteroatoms. The van der Waals surface area contributed by atoms with Gasteiger partial charge in [0.25, 0.3) is 0 Å². The van der Waals surface area contributed by atoms with Crippen LogP contribution in [0.3, 0.4) is 0 Å². The van der Waals surface area contributed by atoms with Crippen molar-refractivity contribution >= 4 is 17.8 Å². The highest BCUT2D eigenvalue weighted by Gasteiger charge is 2.00. The first-order valence-electron chi connectivity index (χ1n) is 0.956. The molecule has 0 bridgehead atoms. The molecule has 0 aromatic rings. The molecule has 27 valence electrons. The van der Waals surface area contributed by atoms with E-state index >= 15 is 0 Å². The van der Waals surface area contributed by atoms with Gasteiger partial charge in [-0.1, -0.05) is 0 Å². The zero-order valence-corrected chi connectivity index (χ0v) is 3.38. The van der Waals surface area contributed by atoms with Gasteiger partial charge in [0.2, 0.25) is 10.5 Å². The first-order chi connectivity index (χ1) is 2.27. The van der Waals surface area contributed by atoms with Gasteiger partial charge in [0, 0.05) is 0 Å². The minimum Gasteiger partial charge on any atom is -0.429 e. The molecule has 0 atom stereocenters. The second-order valence-corrected chi connectivity index (χ2v) is 0.680. The second kappa shape index (κ2) is 2.40. The Morgan fingerprint density at radius 2 is 1.80 bits per heavy atom. The van der Waals surface area contributed by atoms with Gasteiger partial charge in [-0.2, -0.15) is 0 Å². The van der Waals surface area contributed by atoms with E-state index in [1.54, 1.807) is 0 Å². The van der Waals surface area contributed by atoms with E-state index in [1.165, 1.54) is 0 Å². The molecule has 3 nitrogen and oxygen atoms in total. The SMILES string of the molecule is OB(O)O[Si]. The van der Waals surface area contributed by atoms with Crippen LogP contribution in [-0.4, -0.2) is 27.9 Å². The Morgan fingerprint density at radius 1 is 1.60 bits per heavy atom. The third kappa shape index (κ3) is 4.16. The van der Waals surface area contributed by atoms with Crippen molar-refractivity contribution in [1.29, 1.82) is 0 Å². The summed E-state index contributed by atoms with van der Waals surface area (Å²) in [5.74, 6) is 0. The third-order valence-corrected chi connectivity index (χ3v) is 0.316. The van der Waals surface area contributed by atoms with Gasteiger partial charge in [0.05, 0.1) is 0 Å². The first kappa shape index (κ1) is 5.16. The van der Waals surface area contributed by atoms with Crippen molar-refractivity contribution in [2.75, 3.05) is 0 Å². The van der Waals surface area contributed by atoms with Crippen molar-refractivity contribution < 1.29 is 14.4 Å². The van der Waals surface area contributed by atoms with Crippen molar-refractivity contribution in [1.82, 2.24) is 0 Å². The highest BCUT2D eigenvalue weighted by Crippen LogP contribution is 1.58. The molecule has 3 radical (unpaired) electrons. The lowest BCUT2D eigenvalue weighted by Crippen LogP contribution is -2.13. The maximum atomic E-state index is 7.65. The van der Waals surface area contributed by atoms with Crippen LogP contribution in [-0.2, 0) is 4.34 Å². The van der Waals surface area contributed by atoms with Crippen LogP contribution in [0, 0.1) is 0 Å². The van der Waals surface area contributed by atoms with Gasteiger partial charge < -0.3 is 14.4 Å². The standard InChI is InChI=1S/BH2O3Si/c2-1(3)4-5/h2-3H. The average molecular weight is 88.9 g/mol. The Labute approximate surface area is 33.3 Å². The molecular formula is H2BO3Si. The van der Waals surface area contributed by atoms with Gasteiger partial charge in [-0.25, -0.2) is 0 Å². The Kier molecular flexibility index (Phi) is 2.48. The molecule has 0 aliphatic heterocycles. The van der Waals surface area contributed by atoms with Crippen molar-refractivity contribution in [3.8, 4) is 0 Å². The van der Waals surface area contributed by atoms with Crippen molar-refractivity contribution in [3.63, 3.8) is 0 Å². The monoisotopic (exact) mass is 89.0 g/mol. The lowest BCUT2D eigenvalue weighted by molar-refractivity contribution is 0.299. The summed E-state index contributed by atoms with van der Waals surface area (Å²) in [5.41, 5.74) is 0. The smallest absolute Gasteiger partial charge is 0.429 e. The highest BCUT2D eigenvalue weighted by molar-refractivity contribution is 6.38. The molecule has 5 heavy (non-hydrogen) atoms. The van der Waals surface area contributed by atoms with Gasteiger partial charge in [-0.15, -0.1) is 0 Å². The largest absolute Gasteiger partial charge is 0.622 e. The Hall–Kier alpha value is 0.162. The summed E-state index contributed by atoms with van der Waals surface area (Å²) in [6, 6.07) is 0. The Morgan fingerprint density at radius 3 is 1.80 bits per heavy atom. The molecular weight excluding hydrogens is 86.9 g/mol. The topological polar surface area (TPSA) is 49.7 Å². The molecule has 0 saturated carbocycles. The molecule has 0 unspecified atom stereocenters. The van der Waals surface area contributed by atoms with Crippen molar-refractivity contribution in [2.45, 2.75) is 0 Å². The Bertz CT molecular complexity index is 20.9. The number of hydrogen-bond donors (Lipinski definition) is 2. The summed E-state index contributed by atoms with van der Waals surface area (Å²) in [6.07, 6.45) is 0. The van der Waals surface area contributed by atoms with Crippen molar-refractivity contribution in [2.24, 2.45) is 0 Å². The lowest BCUT2D eigenvalue weighted by atomic mass is 10.3. The fraction of sp³-hybridized carbons (Fsp3) is 0. The predicted octanol–water partition coefficient (Wildman–Crippen LogP) is -1.94. The summed E-state index contributed by atoms with van der Waals surface area (Å²) in [5, 5.41) is 15.3. The normalized spacial score (nSPS) is 7.80. The van der Waals surface area contributed by atoms with E-state index in [0.717, 1.165) is 0 Å². The van der Waals surface area contributed by atoms with E-state index < -0.39 is 7.32 Å². The van der Waals surface area contributed by atoms with Crippen LogP contribution >= 0.6 is 0 Å². The minimum atomic E-state index is -1.70. The quantitative estimate of drug-likeness (QED) is 0.367. The fourth-order valence-corrected chi connectivity index (χ4v) is 0. The molecule has 0 spiro atoms. The molecule has 0 aromatic heterocycles. The van der Waals surface area contributed by atoms with E-state index in [9.17, 15) is 0 Å². The van der Waals surface area contributed by atoms with E-state index in [4.69, 9.17) is 10.0 Å². The lowest BCUT2D eigenvalue weighted by Gasteiger charge is -1.84. The summed E-state index contributed by atoms with van der Waals surface area (Å²) >= 11 is 0. The first-order valence-corrected chi connectivity index (χ1v) is 1.36. The molecule has 0 heterocycles. The molecule has 0 saturated heterocycles. The van der Waals surface area contributed by atoms with E-state index in [1.807, 2.05) is 0 Å². The van der Waals surface area contributed by atoms with Crippen molar-refractivity contribution in [3.05, 3.63) is 0 Å². The van der Waals surface area contributed by atoms with Gasteiger partial charge in [0.15, 0.2) is 0 Å². The van der Waals surface area contributed by atoms with Gasteiger partial charge >= 0.3 is 7.32 Å². The van der Waals surface area contributed by atoms with Crippen LogP contribution in [0.25, 0.3) is 0 Å². The maximum absolute atomic E-state index is 7.65. The zero-order valence-electron chi connectivity index (χ0n) is 2.38. The molecule has 0 amide bonds. The maximum Gasteiger partial charge on any atom is 0.622 e. The van der Waals surface area contributed by atoms with Crippen LogP contribution < -0.4 is 0 Å². The fourth-order valence-electron chi connectivity index (χ4n) is 0. The molecule has 0 rings (SSSR count). The van der Waals surface area contributed by atoms with Crippen LogP contribution in [0.4, 0.5) is 0 Å².